The molecule has 3 rings (SSSR count). The molecule has 3 aromatic rings. The first-order valence-corrected chi connectivity index (χ1v) is 8.35. The van der Waals surface area contributed by atoms with Crippen molar-refractivity contribution in [2.75, 3.05) is 21.2 Å². The predicted octanol–water partition coefficient (Wildman–Crippen LogP) is 2.97. The van der Waals surface area contributed by atoms with Crippen molar-refractivity contribution >= 4 is 11.6 Å². The number of rotatable bonds is 6. The van der Waals surface area contributed by atoms with Crippen LogP contribution < -0.4 is 0 Å². The average molecular weight is 337 g/mol. The number of hydrogen-bond donors (Lipinski definition) is 0. The van der Waals surface area contributed by atoms with Crippen molar-refractivity contribution in [3.63, 3.8) is 0 Å². The molecule has 2 heterocycles. The van der Waals surface area contributed by atoms with E-state index >= 15 is 0 Å². The number of nitrogens with zero attached hydrogens (tertiary/aromatic N) is 3. The topological polar surface area (TPSA) is 46.8 Å². The monoisotopic (exact) mass is 337 g/mol. The minimum absolute atomic E-state index is 0.333. The highest BCUT2D eigenvalue weighted by molar-refractivity contribution is 5.90. The lowest BCUT2D eigenvalue weighted by Crippen LogP contribution is -2.14. The number of aryl methyl sites for hydroxylation is 2. The van der Waals surface area contributed by atoms with Crippen molar-refractivity contribution < 1.29 is 9.53 Å². The maximum Gasteiger partial charge on any atom is 0.355 e. The smallest absolute Gasteiger partial charge is 0.355 e. The Balaban J connectivity index is 1.90. The third-order valence-electron chi connectivity index (χ3n) is 4.30. The molecule has 5 nitrogen and oxygen atoms in total. The van der Waals surface area contributed by atoms with Crippen molar-refractivity contribution in [3.05, 3.63) is 71.2 Å². The fourth-order valence-electron chi connectivity index (χ4n) is 3.13. The lowest BCUT2D eigenvalue weighted by molar-refractivity contribution is 0.0591. The molecule has 2 aromatic heterocycles. The van der Waals surface area contributed by atoms with Gasteiger partial charge in [0.2, 0.25) is 0 Å². The van der Waals surface area contributed by atoms with Crippen LogP contribution in [0.1, 0.15) is 27.2 Å². The molecular weight excluding hydrogens is 314 g/mol. The highest BCUT2D eigenvalue weighted by atomic mass is 16.5. The zero-order valence-corrected chi connectivity index (χ0v) is 14.9. The molecule has 0 radical (unpaired) electrons. The van der Waals surface area contributed by atoms with Gasteiger partial charge in [-0.3, -0.25) is 4.40 Å². The normalized spacial score (nSPS) is 11.2. The van der Waals surface area contributed by atoms with Crippen molar-refractivity contribution in [1.82, 2.24) is 14.3 Å². The summed E-state index contributed by atoms with van der Waals surface area (Å²) < 4.78 is 6.79. The Morgan fingerprint density at radius 1 is 1.08 bits per heavy atom. The van der Waals surface area contributed by atoms with E-state index in [0.29, 0.717) is 5.69 Å². The van der Waals surface area contributed by atoms with Gasteiger partial charge in [-0.2, -0.15) is 0 Å². The molecular formula is C20H23N3O2. The Bertz CT molecular complexity index is 884. The molecule has 0 spiro atoms. The number of imidazole rings is 1. The maximum absolute atomic E-state index is 12.3. The van der Waals surface area contributed by atoms with Gasteiger partial charge < -0.3 is 9.64 Å². The molecule has 0 unspecified atom stereocenters. The Morgan fingerprint density at radius 2 is 1.80 bits per heavy atom. The molecule has 0 N–H and O–H groups in total. The largest absolute Gasteiger partial charge is 0.464 e. The van der Waals surface area contributed by atoms with Gasteiger partial charge in [-0.15, -0.1) is 0 Å². The van der Waals surface area contributed by atoms with Gasteiger partial charge in [0.15, 0.2) is 0 Å². The zero-order valence-electron chi connectivity index (χ0n) is 14.9. The molecule has 5 heteroatoms. The lowest BCUT2D eigenvalue weighted by Gasteiger charge is -2.15. The first-order chi connectivity index (χ1) is 12.1. The second-order valence-corrected chi connectivity index (χ2v) is 6.36. The number of benzene rings is 1. The van der Waals surface area contributed by atoms with Crippen LogP contribution in [-0.4, -0.2) is 41.5 Å². The van der Waals surface area contributed by atoms with E-state index in [1.165, 1.54) is 18.2 Å². The number of ether oxygens (including phenoxy) is 1. The molecule has 0 aliphatic carbocycles. The van der Waals surface area contributed by atoms with Crippen LogP contribution in [0.25, 0.3) is 5.65 Å². The van der Waals surface area contributed by atoms with Crippen LogP contribution in [0.2, 0.25) is 0 Å². The van der Waals surface area contributed by atoms with Crippen LogP contribution in [-0.2, 0) is 24.1 Å². The van der Waals surface area contributed by atoms with Gasteiger partial charge in [0.25, 0.3) is 0 Å². The summed E-state index contributed by atoms with van der Waals surface area (Å²) in [6, 6.07) is 12.4. The molecule has 0 atom stereocenters. The minimum atomic E-state index is -0.333. The van der Waals surface area contributed by atoms with Gasteiger partial charge in [0.1, 0.15) is 11.3 Å². The summed E-state index contributed by atoms with van der Waals surface area (Å²) in [5.74, 6) is -0.333. The van der Waals surface area contributed by atoms with E-state index < -0.39 is 0 Å². The summed E-state index contributed by atoms with van der Waals surface area (Å²) in [6.45, 7) is 0.903. The number of fused-ring (bicyclic) bond motifs is 1. The molecule has 0 saturated heterocycles. The van der Waals surface area contributed by atoms with Crippen LogP contribution in [0.4, 0.5) is 0 Å². The molecule has 0 aliphatic rings. The Kier molecular flexibility index (Phi) is 5.14. The molecule has 130 valence electrons. The number of pyridine rings is 1. The summed E-state index contributed by atoms with van der Waals surface area (Å²) in [6.07, 6.45) is 5.13. The summed E-state index contributed by atoms with van der Waals surface area (Å²) in [4.78, 5) is 18.7. The number of methoxy groups -OCH3 is 1. The number of hydrogen-bond acceptors (Lipinski definition) is 4. The van der Waals surface area contributed by atoms with E-state index in [9.17, 15) is 4.79 Å². The van der Waals surface area contributed by atoms with Crippen LogP contribution in [0.15, 0.2) is 48.8 Å². The number of esters is 1. The van der Waals surface area contributed by atoms with E-state index in [1.54, 1.807) is 16.8 Å². The van der Waals surface area contributed by atoms with E-state index in [0.717, 1.165) is 30.6 Å². The standard InChI is InChI=1S/C20H23N3O2/c1-22(2)14-17-7-5-4-6-15(17)8-9-16-10-11-18-21-12-13-23(18)19(16)20(24)25-3/h4-7,10-13H,8-9,14H2,1-3H3. The minimum Gasteiger partial charge on any atom is -0.464 e. The second-order valence-electron chi connectivity index (χ2n) is 6.36. The van der Waals surface area contributed by atoms with E-state index in [2.05, 4.69) is 48.2 Å². The van der Waals surface area contributed by atoms with Crippen molar-refractivity contribution in [2.24, 2.45) is 0 Å². The lowest BCUT2D eigenvalue weighted by atomic mass is 9.98. The third kappa shape index (κ3) is 3.72. The summed E-state index contributed by atoms with van der Waals surface area (Å²) in [5.41, 5.74) is 4.89. The third-order valence-corrected chi connectivity index (χ3v) is 4.30. The quantitative estimate of drug-likeness (QED) is 0.649. The SMILES string of the molecule is COC(=O)c1c(CCc2ccccc2CN(C)C)ccc2nccn12. The molecule has 0 fully saturated rings. The van der Waals surface area contributed by atoms with E-state index in [1.807, 2.05) is 12.1 Å². The Morgan fingerprint density at radius 3 is 2.52 bits per heavy atom. The van der Waals surface area contributed by atoms with Gasteiger partial charge >= 0.3 is 5.97 Å². The van der Waals surface area contributed by atoms with Crippen LogP contribution in [0.5, 0.6) is 0 Å². The Hall–Kier alpha value is -2.66. The molecule has 0 saturated carbocycles. The summed E-state index contributed by atoms with van der Waals surface area (Å²) in [5, 5.41) is 0. The fourth-order valence-corrected chi connectivity index (χ4v) is 3.13. The van der Waals surface area contributed by atoms with E-state index in [-0.39, 0.29) is 5.97 Å². The van der Waals surface area contributed by atoms with Gasteiger partial charge in [-0.25, -0.2) is 9.78 Å². The highest BCUT2D eigenvalue weighted by Crippen LogP contribution is 2.18. The fraction of sp³-hybridized carbons (Fsp3) is 0.300. The highest BCUT2D eigenvalue weighted by Gasteiger charge is 2.17. The number of aromatic nitrogens is 2. The predicted molar refractivity (Wildman–Crippen MR) is 97.8 cm³/mol. The number of carbonyl (C=O) groups excluding carboxylic acids is 1. The Labute approximate surface area is 147 Å². The summed E-state index contributed by atoms with van der Waals surface area (Å²) in [7, 11) is 5.55. The average Bonchev–Trinajstić information content (AvgIpc) is 3.08. The van der Waals surface area contributed by atoms with E-state index in [4.69, 9.17) is 4.74 Å². The second kappa shape index (κ2) is 7.49. The van der Waals surface area contributed by atoms with Crippen molar-refractivity contribution in [2.45, 2.75) is 19.4 Å². The van der Waals surface area contributed by atoms with Gasteiger partial charge in [-0.1, -0.05) is 30.3 Å². The molecule has 0 aliphatic heterocycles. The molecule has 0 amide bonds. The molecule has 25 heavy (non-hydrogen) atoms. The van der Waals surface area contributed by atoms with Gasteiger partial charge in [0.05, 0.1) is 7.11 Å². The molecule has 1 aromatic carbocycles. The van der Waals surface area contributed by atoms with Gasteiger partial charge in [0, 0.05) is 18.9 Å². The number of carbonyl (C=O) groups is 1. The molecule has 0 bridgehead atoms. The van der Waals surface area contributed by atoms with Crippen LogP contribution in [0, 0.1) is 0 Å². The van der Waals surface area contributed by atoms with Gasteiger partial charge in [-0.05, 0) is 49.7 Å². The van der Waals surface area contributed by atoms with Crippen molar-refractivity contribution in [3.8, 4) is 0 Å². The first kappa shape index (κ1) is 17.2. The summed E-state index contributed by atoms with van der Waals surface area (Å²) >= 11 is 0. The maximum atomic E-state index is 12.3. The van der Waals surface area contributed by atoms with Crippen LogP contribution in [0.3, 0.4) is 0 Å². The van der Waals surface area contributed by atoms with Crippen molar-refractivity contribution in [1.29, 1.82) is 0 Å². The van der Waals surface area contributed by atoms with Crippen LogP contribution >= 0.6 is 0 Å². The first-order valence-electron chi connectivity index (χ1n) is 8.35. The zero-order chi connectivity index (χ0) is 17.8.